The second-order valence-corrected chi connectivity index (χ2v) is 8.38. The Morgan fingerprint density at radius 3 is 2.42 bits per heavy atom. The van der Waals surface area contributed by atoms with Crippen molar-refractivity contribution in [2.75, 3.05) is 13.1 Å². The molecule has 0 bridgehead atoms. The molecule has 1 aromatic carbocycles. The molecular formula is C22H25NO2S. The number of likely N-dealkylation sites (tertiary alicyclic amines) is 1. The lowest BCUT2D eigenvalue weighted by atomic mass is 9.87. The van der Waals surface area contributed by atoms with Crippen LogP contribution >= 0.6 is 11.3 Å². The van der Waals surface area contributed by atoms with E-state index in [1.807, 2.05) is 43.0 Å². The molecule has 0 unspecified atom stereocenters. The molecule has 1 amide bonds. The molecule has 0 radical (unpaired) electrons. The third-order valence-electron chi connectivity index (χ3n) is 4.98. The monoisotopic (exact) mass is 367 g/mol. The zero-order valence-corrected chi connectivity index (χ0v) is 16.4. The minimum atomic E-state index is 0.0179. The van der Waals surface area contributed by atoms with Gasteiger partial charge in [0.05, 0.1) is 0 Å². The first-order valence-corrected chi connectivity index (χ1v) is 9.90. The molecule has 0 spiro atoms. The summed E-state index contributed by atoms with van der Waals surface area (Å²) in [4.78, 5) is 29.4. The fourth-order valence-corrected chi connectivity index (χ4v) is 4.25. The van der Waals surface area contributed by atoms with E-state index in [-0.39, 0.29) is 17.6 Å². The average molecular weight is 368 g/mol. The topological polar surface area (TPSA) is 37.4 Å². The molecule has 1 aromatic heterocycles. The first kappa shape index (κ1) is 18.6. The van der Waals surface area contributed by atoms with Crippen LogP contribution in [0.15, 0.2) is 36.4 Å². The van der Waals surface area contributed by atoms with E-state index in [9.17, 15) is 9.59 Å². The van der Waals surface area contributed by atoms with Gasteiger partial charge in [0.15, 0.2) is 5.78 Å². The summed E-state index contributed by atoms with van der Waals surface area (Å²) >= 11 is 1.68. The zero-order chi connectivity index (χ0) is 18.7. The van der Waals surface area contributed by atoms with Crippen LogP contribution in [-0.4, -0.2) is 29.7 Å². The molecule has 136 valence electrons. The van der Waals surface area contributed by atoms with E-state index in [1.54, 1.807) is 17.4 Å². The number of ketones is 1. The van der Waals surface area contributed by atoms with Gasteiger partial charge in [0.2, 0.25) is 5.91 Å². The number of aryl methyl sites for hydroxylation is 3. The van der Waals surface area contributed by atoms with Gasteiger partial charge in [0.1, 0.15) is 0 Å². The maximum absolute atomic E-state index is 12.8. The van der Waals surface area contributed by atoms with Crippen LogP contribution in [0.3, 0.4) is 0 Å². The Hall–Kier alpha value is -2.20. The van der Waals surface area contributed by atoms with Crippen molar-refractivity contribution < 1.29 is 9.59 Å². The SMILES string of the molecule is Cc1ccc(C(=O)C2CCN(C(=O)C=Cc3ccc(C)s3)CC2)c(C)c1. The molecule has 0 N–H and O–H groups in total. The Morgan fingerprint density at radius 1 is 1.08 bits per heavy atom. The van der Waals surface area contributed by atoms with Crippen LogP contribution in [0.2, 0.25) is 0 Å². The van der Waals surface area contributed by atoms with E-state index < -0.39 is 0 Å². The average Bonchev–Trinajstić information content (AvgIpc) is 3.04. The maximum Gasteiger partial charge on any atom is 0.246 e. The molecule has 1 aliphatic heterocycles. The Balaban J connectivity index is 1.57. The lowest BCUT2D eigenvalue weighted by Gasteiger charge is -2.30. The molecule has 3 nitrogen and oxygen atoms in total. The highest BCUT2D eigenvalue weighted by molar-refractivity contribution is 7.12. The molecule has 26 heavy (non-hydrogen) atoms. The van der Waals surface area contributed by atoms with Gasteiger partial charge in [-0.25, -0.2) is 0 Å². The number of amides is 1. The van der Waals surface area contributed by atoms with Crippen LogP contribution in [0, 0.1) is 26.7 Å². The number of benzene rings is 1. The molecule has 1 saturated heterocycles. The van der Waals surface area contributed by atoms with Crippen molar-refractivity contribution in [3.8, 4) is 0 Å². The van der Waals surface area contributed by atoms with E-state index >= 15 is 0 Å². The van der Waals surface area contributed by atoms with Gasteiger partial charge in [-0.3, -0.25) is 9.59 Å². The predicted octanol–water partition coefficient (Wildman–Crippen LogP) is 4.81. The highest BCUT2D eigenvalue weighted by Gasteiger charge is 2.27. The summed E-state index contributed by atoms with van der Waals surface area (Å²) in [7, 11) is 0. The molecule has 3 rings (SSSR count). The Morgan fingerprint density at radius 2 is 1.81 bits per heavy atom. The quantitative estimate of drug-likeness (QED) is 0.574. The number of Topliss-reactive ketones (excluding diaryl/α,β-unsaturated/α-hetero) is 1. The highest BCUT2D eigenvalue weighted by Crippen LogP contribution is 2.24. The van der Waals surface area contributed by atoms with Crippen molar-refractivity contribution in [3.05, 3.63) is 62.9 Å². The Labute approximate surface area is 159 Å². The lowest BCUT2D eigenvalue weighted by molar-refractivity contribution is -0.127. The van der Waals surface area contributed by atoms with Crippen LogP contribution in [0.4, 0.5) is 0 Å². The Kier molecular flexibility index (Phi) is 5.72. The number of rotatable bonds is 4. The molecule has 2 heterocycles. The van der Waals surface area contributed by atoms with Gasteiger partial charge in [-0.05, 0) is 57.4 Å². The van der Waals surface area contributed by atoms with Crippen molar-refractivity contribution in [1.29, 1.82) is 0 Å². The summed E-state index contributed by atoms with van der Waals surface area (Å²) in [5, 5.41) is 0. The smallest absolute Gasteiger partial charge is 0.246 e. The maximum atomic E-state index is 12.8. The van der Waals surface area contributed by atoms with Crippen molar-refractivity contribution in [2.24, 2.45) is 5.92 Å². The van der Waals surface area contributed by atoms with Gasteiger partial charge < -0.3 is 4.90 Å². The fraction of sp³-hybridized carbons (Fsp3) is 0.364. The predicted molar refractivity (Wildman–Crippen MR) is 108 cm³/mol. The zero-order valence-electron chi connectivity index (χ0n) is 15.6. The third-order valence-corrected chi connectivity index (χ3v) is 5.94. The Bertz CT molecular complexity index is 842. The summed E-state index contributed by atoms with van der Waals surface area (Å²) in [5.74, 6) is 0.275. The molecule has 0 saturated carbocycles. The highest BCUT2D eigenvalue weighted by atomic mass is 32.1. The number of hydrogen-bond acceptors (Lipinski definition) is 3. The van der Waals surface area contributed by atoms with Crippen molar-refractivity contribution in [2.45, 2.75) is 33.6 Å². The molecule has 0 aliphatic carbocycles. The van der Waals surface area contributed by atoms with Gasteiger partial charge in [-0.2, -0.15) is 0 Å². The summed E-state index contributed by atoms with van der Waals surface area (Å²) in [6.07, 6.45) is 5.01. The van der Waals surface area contributed by atoms with E-state index in [0.717, 1.165) is 28.8 Å². The van der Waals surface area contributed by atoms with Crippen LogP contribution in [-0.2, 0) is 4.79 Å². The minimum absolute atomic E-state index is 0.0179. The molecular weight excluding hydrogens is 342 g/mol. The van der Waals surface area contributed by atoms with Crippen molar-refractivity contribution >= 4 is 29.1 Å². The third kappa shape index (κ3) is 4.31. The second kappa shape index (κ2) is 8.00. The van der Waals surface area contributed by atoms with Crippen LogP contribution in [0.5, 0.6) is 0 Å². The summed E-state index contributed by atoms with van der Waals surface area (Å²) in [6, 6.07) is 10.1. The van der Waals surface area contributed by atoms with E-state index in [1.165, 1.54) is 10.4 Å². The van der Waals surface area contributed by atoms with Gasteiger partial charge in [-0.15, -0.1) is 11.3 Å². The largest absolute Gasteiger partial charge is 0.339 e. The number of thiophene rings is 1. The van der Waals surface area contributed by atoms with E-state index in [0.29, 0.717) is 13.1 Å². The molecule has 1 aliphatic rings. The van der Waals surface area contributed by atoms with Crippen molar-refractivity contribution in [1.82, 2.24) is 4.90 Å². The first-order valence-electron chi connectivity index (χ1n) is 9.09. The van der Waals surface area contributed by atoms with Gasteiger partial charge >= 0.3 is 0 Å². The van der Waals surface area contributed by atoms with Crippen LogP contribution in [0.25, 0.3) is 6.08 Å². The summed E-state index contributed by atoms with van der Waals surface area (Å²) in [5.41, 5.74) is 3.04. The normalized spacial score (nSPS) is 15.6. The number of hydrogen-bond donors (Lipinski definition) is 0. The number of carbonyl (C=O) groups excluding carboxylic acids is 2. The van der Waals surface area contributed by atoms with Crippen LogP contribution < -0.4 is 0 Å². The number of carbonyl (C=O) groups is 2. The lowest BCUT2D eigenvalue weighted by Crippen LogP contribution is -2.39. The van der Waals surface area contributed by atoms with Gasteiger partial charge in [0.25, 0.3) is 0 Å². The second-order valence-electron chi connectivity index (χ2n) is 7.06. The van der Waals surface area contributed by atoms with E-state index in [4.69, 9.17) is 0 Å². The molecule has 2 aromatic rings. The summed E-state index contributed by atoms with van der Waals surface area (Å²) in [6.45, 7) is 7.38. The van der Waals surface area contributed by atoms with Crippen LogP contribution in [0.1, 0.15) is 44.1 Å². The molecule has 0 atom stereocenters. The van der Waals surface area contributed by atoms with Gasteiger partial charge in [0, 0.05) is 40.4 Å². The van der Waals surface area contributed by atoms with Crippen molar-refractivity contribution in [3.63, 3.8) is 0 Å². The van der Waals surface area contributed by atoms with E-state index in [2.05, 4.69) is 19.1 Å². The minimum Gasteiger partial charge on any atom is -0.339 e. The molecule has 4 heteroatoms. The standard InChI is InChI=1S/C22H25NO2S/c1-15-4-8-20(16(2)14-15)22(25)18-10-12-23(13-11-18)21(24)9-7-19-6-5-17(3)26-19/h4-9,14,18H,10-13H2,1-3H3. The molecule has 1 fully saturated rings. The van der Waals surface area contributed by atoms with Gasteiger partial charge in [-0.1, -0.05) is 23.8 Å². The number of nitrogens with zero attached hydrogens (tertiary/aromatic N) is 1. The fourth-order valence-electron chi connectivity index (χ4n) is 3.47. The summed E-state index contributed by atoms with van der Waals surface area (Å²) < 4.78 is 0. The number of piperidine rings is 1. The first-order chi connectivity index (χ1) is 12.4.